The Bertz CT molecular complexity index is 1110. The summed E-state index contributed by atoms with van der Waals surface area (Å²) in [5, 5.41) is 2.10. The molecule has 1 heterocycles. The number of ether oxygens (including phenoxy) is 3. The van der Waals surface area contributed by atoms with Crippen LogP contribution in [-0.4, -0.2) is 48.2 Å². The predicted octanol–water partition coefficient (Wildman–Crippen LogP) is 3.69. The first-order valence-corrected chi connectivity index (χ1v) is 10.8. The third-order valence-corrected chi connectivity index (χ3v) is 5.28. The maximum absolute atomic E-state index is 12.7. The Morgan fingerprint density at radius 3 is 2.45 bits per heavy atom. The number of imide groups is 1. The number of benzene rings is 2. The lowest BCUT2D eigenvalue weighted by molar-refractivity contribution is -0.132. The van der Waals surface area contributed by atoms with Gasteiger partial charge in [-0.1, -0.05) is 6.07 Å². The summed E-state index contributed by atoms with van der Waals surface area (Å²) in [6.45, 7) is 3.00. The van der Waals surface area contributed by atoms with Crippen LogP contribution < -0.4 is 19.5 Å². The summed E-state index contributed by atoms with van der Waals surface area (Å²) < 4.78 is 15.7. The molecule has 1 fully saturated rings. The average molecular weight is 471 g/mol. The smallest absolute Gasteiger partial charge is 0.308 e. The molecule has 9 nitrogen and oxygen atoms in total. The Morgan fingerprint density at radius 2 is 1.82 bits per heavy atom. The van der Waals surface area contributed by atoms with Gasteiger partial charge in [-0.15, -0.1) is 0 Å². The number of esters is 1. The molecule has 1 N–H and O–H groups in total. The molecule has 1 aliphatic heterocycles. The van der Waals surface area contributed by atoms with Crippen molar-refractivity contribution in [2.45, 2.75) is 13.8 Å². The van der Waals surface area contributed by atoms with E-state index in [1.807, 2.05) is 0 Å². The number of carbonyl (C=O) groups excluding carboxylic acids is 4. The lowest BCUT2D eigenvalue weighted by Crippen LogP contribution is -2.36. The van der Waals surface area contributed by atoms with Gasteiger partial charge in [0.2, 0.25) is 5.91 Å². The molecular weight excluding hydrogens is 448 g/mol. The highest BCUT2D eigenvalue weighted by molar-refractivity contribution is 8.18. The van der Waals surface area contributed by atoms with Crippen molar-refractivity contribution in [1.82, 2.24) is 4.90 Å². The molecule has 33 heavy (non-hydrogen) atoms. The van der Waals surface area contributed by atoms with E-state index in [1.165, 1.54) is 20.1 Å². The third kappa shape index (κ3) is 6.13. The van der Waals surface area contributed by atoms with Gasteiger partial charge in [0.25, 0.3) is 11.1 Å². The molecule has 3 amide bonds. The van der Waals surface area contributed by atoms with Crippen LogP contribution in [-0.2, 0) is 14.4 Å². The van der Waals surface area contributed by atoms with Gasteiger partial charge in [0.05, 0.1) is 18.6 Å². The fourth-order valence-corrected chi connectivity index (χ4v) is 3.77. The Morgan fingerprint density at radius 1 is 1.09 bits per heavy atom. The number of methoxy groups -OCH3 is 1. The van der Waals surface area contributed by atoms with Gasteiger partial charge in [0.1, 0.15) is 12.3 Å². The molecule has 0 unspecified atom stereocenters. The van der Waals surface area contributed by atoms with E-state index in [0.717, 1.165) is 16.7 Å². The summed E-state index contributed by atoms with van der Waals surface area (Å²) in [7, 11) is 1.53. The van der Waals surface area contributed by atoms with E-state index in [2.05, 4.69) is 5.32 Å². The van der Waals surface area contributed by atoms with Crippen LogP contribution in [0.25, 0.3) is 6.08 Å². The zero-order valence-electron chi connectivity index (χ0n) is 18.2. The number of hydrogen-bond acceptors (Lipinski definition) is 8. The van der Waals surface area contributed by atoms with Gasteiger partial charge in [-0.05, 0) is 66.7 Å². The monoisotopic (exact) mass is 470 g/mol. The SMILES string of the molecule is CCOc1cc(/C=C2/SC(=O)N(CC(=O)Nc3ccc(OC)cc3)C2=O)ccc1OC(C)=O. The van der Waals surface area contributed by atoms with E-state index in [4.69, 9.17) is 14.2 Å². The van der Waals surface area contributed by atoms with Crippen molar-refractivity contribution < 1.29 is 33.4 Å². The number of carbonyl (C=O) groups is 4. The number of amides is 3. The summed E-state index contributed by atoms with van der Waals surface area (Å²) in [6, 6.07) is 11.4. The molecule has 2 aromatic carbocycles. The van der Waals surface area contributed by atoms with E-state index in [9.17, 15) is 19.2 Å². The normalized spacial score (nSPS) is 14.4. The van der Waals surface area contributed by atoms with Crippen molar-refractivity contribution in [2.24, 2.45) is 0 Å². The van der Waals surface area contributed by atoms with E-state index in [0.29, 0.717) is 29.4 Å². The number of nitrogens with zero attached hydrogens (tertiary/aromatic N) is 1. The average Bonchev–Trinajstić information content (AvgIpc) is 3.03. The summed E-state index contributed by atoms with van der Waals surface area (Å²) >= 11 is 0.740. The van der Waals surface area contributed by atoms with Crippen LogP contribution in [0.3, 0.4) is 0 Å². The lowest BCUT2D eigenvalue weighted by Gasteiger charge is -2.12. The Balaban J connectivity index is 1.71. The molecular formula is C23H22N2O7S. The highest BCUT2D eigenvalue weighted by Gasteiger charge is 2.36. The highest BCUT2D eigenvalue weighted by atomic mass is 32.2. The minimum absolute atomic E-state index is 0.167. The lowest BCUT2D eigenvalue weighted by atomic mass is 10.2. The molecule has 0 radical (unpaired) electrons. The Kier molecular flexibility index (Phi) is 7.73. The van der Waals surface area contributed by atoms with Crippen molar-refractivity contribution in [2.75, 3.05) is 25.6 Å². The molecule has 10 heteroatoms. The highest BCUT2D eigenvalue weighted by Crippen LogP contribution is 2.34. The summed E-state index contributed by atoms with van der Waals surface area (Å²) in [4.78, 5) is 49.7. The van der Waals surface area contributed by atoms with Crippen LogP contribution in [0.1, 0.15) is 19.4 Å². The quantitative estimate of drug-likeness (QED) is 0.353. The first-order chi connectivity index (χ1) is 15.8. The zero-order valence-corrected chi connectivity index (χ0v) is 19.1. The molecule has 0 aromatic heterocycles. The van der Waals surface area contributed by atoms with Gasteiger partial charge in [-0.25, -0.2) is 0 Å². The van der Waals surface area contributed by atoms with Crippen molar-refractivity contribution in [3.8, 4) is 17.2 Å². The standard InChI is InChI=1S/C23H22N2O7S/c1-4-31-19-11-15(5-10-18(19)32-14(2)26)12-20-22(28)25(23(29)33-20)13-21(27)24-16-6-8-17(30-3)9-7-16/h5-12H,4,13H2,1-3H3,(H,24,27)/b20-12+. The second-order valence-corrected chi connectivity index (χ2v) is 7.77. The van der Waals surface area contributed by atoms with Crippen LogP contribution in [0.4, 0.5) is 10.5 Å². The van der Waals surface area contributed by atoms with Gasteiger partial charge >= 0.3 is 5.97 Å². The topological polar surface area (TPSA) is 111 Å². The molecule has 2 aromatic rings. The maximum Gasteiger partial charge on any atom is 0.308 e. The summed E-state index contributed by atoms with van der Waals surface area (Å²) in [6.07, 6.45) is 1.52. The van der Waals surface area contributed by atoms with E-state index in [1.54, 1.807) is 49.4 Å². The summed E-state index contributed by atoms with van der Waals surface area (Å²) in [5.74, 6) is -0.343. The van der Waals surface area contributed by atoms with Gasteiger partial charge in [-0.3, -0.25) is 24.1 Å². The number of nitrogens with one attached hydrogen (secondary N) is 1. The molecule has 0 atom stereocenters. The number of thioether (sulfide) groups is 1. The van der Waals surface area contributed by atoms with Crippen molar-refractivity contribution in [1.29, 1.82) is 0 Å². The van der Waals surface area contributed by atoms with E-state index < -0.39 is 29.6 Å². The van der Waals surface area contributed by atoms with Crippen LogP contribution in [0.15, 0.2) is 47.4 Å². The Hall–Kier alpha value is -3.79. The van der Waals surface area contributed by atoms with Gasteiger partial charge in [0.15, 0.2) is 11.5 Å². The number of rotatable bonds is 8. The predicted molar refractivity (Wildman–Crippen MR) is 123 cm³/mol. The second-order valence-electron chi connectivity index (χ2n) is 6.78. The minimum atomic E-state index is -0.572. The van der Waals surface area contributed by atoms with Crippen LogP contribution in [0.5, 0.6) is 17.2 Å². The van der Waals surface area contributed by atoms with Crippen LogP contribution in [0.2, 0.25) is 0 Å². The molecule has 172 valence electrons. The molecule has 0 spiro atoms. The molecule has 0 bridgehead atoms. The van der Waals surface area contributed by atoms with Gasteiger partial charge in [0, 0.05) is 12.6 Å². The fraction of sp³-hybridized carbons (Fsp3) is 0.217. The zero-order chi connectivity index (χ0) is 24.0. The van der Waals surface area contributed by atoms with Crippen molar-refractivity contribution in [3.05, 3.63) is 52.9 Å². The molecule has 1 aliphatic rings. The summed E-state index contributed by atoms with van der Waals surface area (Å²) in [5.41, 5.74) is 1.09. The van der Waals surface area contributed by atoms with Gasteiger partial charge < -0.3 is 19.5 Å². The molecule has 3 rings (SSSR count). The van der Waals surface area contributed by atoms with Crippen molar-refractivity contribution in [3.63, 3.8) is 0 Å². The molecule has 1 saturated heterocycles. The van der Waals surface area contributed by atoms with Gasteiger partial charge in [-0.2, -0.15) is 0 Å². The second kappa shape index (κ2) is 10.7. The Labute approximate surface area is 194 Å². The molecule has 0 aliphatic carbocycles. The minimum Gasteiger partial charge on any atom is -0.497 e. The fourth-order valence-electron chi connectivity index (χ4n) is 2.93. The van der Waals surface area contributed by atoms with Crippen LogP contribution in [0, 0.1) is 0 Å². The number of anilines is 1. The first kappa shape index (κ1) is 23.9. The van der Waals surface area contributed by atoms with E-state index in [-0.39, 0.29) is 10.7 Å². The number of hydrogen-bond donors (Lipinski definition) is 1. The van der Waals surface area contributed by atoms with Crippen LogP contribution >= 0.6 is 11.8 Å². The maximum atomic E-state index is 12.7. The first-order valence-electron chi connectivity index (χ1n) is 9.95. The third-order valence-electron chi connectivity index (χ3n) is 4.37. The largest absolute Gasteiger partial charge is 0.497 e. The van der Waals surface area contributed by atoms with E-state index >= 15 is 0 Å². The van der Waals surface area contributed by atoms with Crippen molar-refractivity contribution >= 4 is 46.5 Å². The molecule has 0 saturated carbocycles.